The predicted molar refractivity (Wildman–Crippen MR) is 170 cm³/mol. The van der Waals surface area contributed by atoms with Gasteiger partial charge in [0.1, 0.15) is 5.82 Å². The van der Waals surface area contributed by atoms with E-state index in [4.69, 9.17) is 0 Å². The highest BCUT2D eigenvalue weighted by atomic mass is 35.5. The van der Waals surface area contributed by atoms with E-state index in [0.717, 1.165) is 63.7 Å². The number of hydrogen-bond donors (Lipinski definition) is 2. The highest BCUT2D eigenvalue weighted by Gasteiger charge is 2.33. The zero-order valence-corrected chi connectivity index (χ0v) is 26.1. The molecule has 1 aliphatic rings. The number of phenols is 2. The van der Waals surface area contributed by atoms with E-state index in [0.29, 0.717) is 12.0 Å². The molecule has 0 saturated carbocycles. The van der Waals surface area contributed by atoms with E-state index in [1.165, 1.54) is 69.6 Å². The fourth-order valence-corrected chi connectivity index (χ4v) is 6.20. The van der Waals surface area contributed by atoms with Gasteiger partial charge in [0.15, 0.2) is 17.3 Å². The molecule has 232 valence electrons. The highest BCUT2D eigenvalue weighted by Crippen LogP contribution is 2.39. The molecule has 0 aliphatic carbocycles. The molecule has 1 atom stereocenters. The van der Waals surface area contributed by atoms with Crippen LogP contribution in [0.3, 0.4) is 0 Å². The van der Waals surface area contributed by atoms with Gasteiger partial charge in [-0.1, -0.05) is 77.2 Å². The van der Waals surface area contributed by atoms with Crippen molar-refractivity contribution in [3.63, 3.8) is 0 Å². The fraction of sp³-hybridized carbons (Fsp3) is 0.600. The van der Waals surface area contributed by atoms with Gasteiger partial charge in [-0.2, -0.15) is 5.26 Å². The summed E-state index contributed by atoms with van der Waals surface area (Å²) in [4.78, 5) is 15.2. The normalized spacial score (nSPS) is 15.5. The monoisotopic (exact) mass is 600 g/mol. The lowest BCUT2D eigenvalue weighted by Gasteiger charge is -2.33. The molecule has 0 aromatic heterocycles. The average Bonchev–Trinajstić information content (AvgIpc) is 2.99. The molecule has 3 rings (SSSR count). The van der Waals surface area contributed by atoms with Crippen molar-refractivity contribution in [2.24, 2.45) is 5.92 Å². The van der Waals surface area contributed by atoms with Gasteiger partial charge >= 0.3 is 0 Å². The Morgan fingerprint density at radius 1 is 0.881 bits per heavy atom. The Labute approximate surface area is 258 Å². The highest BCUT2D eigenvalue weighted by molar-refractivity contribution is 5.97. The number of nitrogens with zero attached hydrogens (tertiary/aromatic N) is 2. The summed E-state index contributed by atoms with van der Waals surface area (Å²) in [6, 6.07) is 13.3. The van der Waals surface area contributed by atoms with Crippen LogP contribution in [0, 0.1) is 23.1 Å². The molecule has 2 N–H and O–H groups in total. The summed E-state index contributed by atoms with van der Waals surface area (Å²) in [6.07, 6.45) is 16.2. The van der Waals surface area contributed by atoms with E-state index < -0.39 is 5.41 Å². The second kappa shape index (κ2) is 18.8. The second-order valence-electron chi connectivity index (χ2n) is 11.9. The van der Waals surface area contributed by atoms with Crippen LogP contribution < -0.4 is 0 Å². The lowest BCUT2D eigenvalue weighted by Crippen LogP contribution is -2.37. The van der Waals surface area contributed by atoms with Crippen molar-refractivity contribution in [3.8, 4) is 17.6 Å². The number of halogens is 2. The van der Waals surface area contributed by atoms with Crippen LogP contribution in [0.2, 0.25) is 0 Å². The minimum atomic E-state index is -0.706. The van der Waals surface area contributed by atoms with Crippen molar-refractivity contribution in [2.45, 2.75) is 109 Å². The first-order chi connectivity index (χ1) is 19.9. The Bertz CT molecular complexity index is 1110. The van der Waals surface area contributed by atoms with Gasteiger partial charge in [0.25, 0.3) is 0 Å². The summed E-state index contributed by atoms with van der Waals surface area (Å²) in [6.45, 7) is 4.75. The number of piperidine rings is 1. The Hall–Kier alpha value is -2.62. The molecule has 2 aromatic rings. The number of hydrogen-bond acceptors (Lipinski definition) is 5. The first-order valence-electron chi connectivity index (χ1n) is 15.8. The summed E-state index contributed by atoms with van der Waals surface area (Å²) in [5.74, 6) is -0.626. The number of carbonyl (C=O) groups is 1. The summed E-state index contributed by atoms with van der Waals surface area (Å²) in [7, 11) is 0. The maximum absolute atomic E-state index is 13.2. The van der Waals surface area contributed by atoms with Crippen LogP contribution in [0.15, 0.2) is 42.5 Å². The molecule has 1 unspecified atom stereocenters. The van der Waals surface area contributed by atoms with Crippen LogP contribution in [-0.4, -0.2) is 40.5 Å². The molecular formula is C35H50ClFN2O3. The van der Waals surface area contributed by atoms with Gasteiger partial charge in [-0.15, -0.1) is 12.4 Å². The van der Waals surface area contributed by atoms with Gasteiger partial charge in [-0.3, -0.25) is 4.79 Å². The van der Waals surface area contributed by atoms with E-state index in [1.54, 1.807) is 24.3 Å². The molecule has 0 amide bonds. The molecule has 1 heterocycles. The van der Waals surface area contributed by atoms with Crippen LogP contribution >= 0.6 is 12.4 Å². The summed E-state index contributed by atoms with van der Waals surface area (Å²) in [5, 5.41) is 30.5. The lowest BCUT2D eigenvalue weighted by molar-refractivity contribution is 0.0838. The van der Waals surface area contributed by atoms with Crippen LogP contribution in [0.4, 0.5) is 4.39 Å². The fourth-order valence-electron chi connectivity index (χ4n) is 6.20. The maximum Gasteiger partial charge on any atom is 0.166 e. The average molecular weight is 601 g/mol. The van der Waals surface area contributed by atoms with Crippen molar-refractivity contribution in [2.75, 3.05) is 19.6 Å². The lowest BCUT2D eigenvalue weighted by atomic mass is 9.74. The third-order valence-corrected chi connectivity index (χ3v) is 8.86. The minimum Gasteiger partial charge on any atom is -0.504 e. The van der Waals surface area contributed by atoms with Crippen molar-refractivity contribution >= 4 is 18.2 Å². The van der Waals surface area contributed by atoms with Crippen molar-refractivity contribution in [1.82, 2.24) is 4.90 Å². The topological polar surface area (TPSA) is 84.6 Å². The number of aromatic hydroxyl groups is 2. The van der Waals surface area contributed by atoms with Crippen LogP contribution in [0.1, 0.15) is 119 Å². The predicted octanol–water partition coefficient (Wildman–Crippen LogP) is 9.11. The summed E-state index contributed by atoms with van der Waals surface area (Å²) >= 11 is 0. The van der Waals surface area contributed by atoms with E-state index in [1.807, 2.05) is 0 Å². The molecule has 1 saturated heterocycles. The van der Waals surface area contributed by atoms with Crippen LogP contribution in [0.5, 0.6) is 11.5 Å². The van der Waals surface area contributed by atoms with Crippen molar-refractivity contribution < 1.29 is 19.4 Å². The zero-order chi connectivity index (χ0) is 29.5. The molecule has 1 fully saturated rings. The summed E-state index contributed by atoms with van der Waals surface area (Å²) in [5.41, 5.74) is 0.643. The molecule has 0 bridgehead atoms. The van der Waals surface area contributed by atoms with Crippen molar-refractivity contribution in [1.29, 1.82) is 5.26 Å². The number of phenolic OH excluding ortho intramolecular Hbond substituents is 2. The SMILES string of the molecule is CCCCCCCCCCCCC(C#N)(CCCN1CCC(C(=O)c2ccc(F)cc2)CC1)c1ccc(O)c(O)c1.Cl. The van der Waals surface area contributed by atoms with Gasteiger partial charge in [0, 0.05) is 11.5 Å². The number of likely N-dealkylation sites (tertiary alicyclic amines) is 1. The number of benzene rings is 2. The van der Waals surface area contributed by atoms with Gasteiger partial charge in [-0.05, 0) is 93.7 Å². The Morgan fingerprint density at radius 3 is 2.02 bits per heavy atom. The van der Waals surface area contributed by atoms with Gasteiger partial charge in [-0.25, -0.2) is 4.39 Å². The number of nitriles is 1. The maximum atomic E-state index is 13.2. The Balaban J connectivity index is 0.00000616. The minimum absolute atomic E-state index is 0. The Morgan fingerprint density at radius 2 is 1.45 bits per heavy atom. The van der Waals surface area contributed by atoms with Gasteiger partial charge in [0.2, 0.25) is 0 Å². The number of unbranched alkanes of at least 4 members (excludes halogenated alkanes) is 9. The number of rotatable bonds is 18. The smallest absolute Gasteiger partial charge is 0.166 e. The standard InChI is InChI=1S/C35H49FN2O3.ClH/c1-2-3-4-5-6-7-8-9-10-11-21-35(27-37,30-15-18-32(39)33(40)26-30)22-12-23-38-24-19-29(20-25-38)34(41)28-13-16-31(36)17-14-28;/h13-18,26,29,39-40H,2-12,19-25H2,1H3;1H. The van der Waals surface area contributed by atoms with E-state index in [-0.39, 0.29) is 41.4 Å². The second-order valence-corrected chi connectivity index (χ2v) is 11.9. The molecule has 7 heteroatoms. The molecule has 2 aromatic carbocycles. The molecule has 42 heavy (non-hydrogen) atoms. The van der Waals surface area contributed by atoms with Crippen LogP contribution in [0.25, 0.3) is 0 Å². The number of ketones is 1. The van der Waals surface area contributed by atoms with Crippen molar-refractivity contribution in [3.05, 3.63) is 59.4 Å². The first kappa shape index (κ1) is 35.6. The summed E-state index contributed by atoms with van der Waals surface area (Å²) < 4.78 is 13.2. The number of Topliss-reactive ketones (excluding diaryl/α,β-unsaturated/α-hetero) is 1. The van der Waals surface area contributed by atoms with Gasteiger partial charge in [0.05, 0.1) is 11.5 Å². The molecule has 0 radical (unpaired) electrons. The first-order valence-corrected chi connectivity index (χ1v) is 15.8. The van der Waals surface area contributed by atoms with E-state index in [2.05, 4.69) is 17.9 Å². The quantitative estimate of drug-likeness (QED) is 0.101. The number of carbonyl (C=O) groups excluding carboxylic acids is 1. The van der Waals surface area contributed by atoms with Crippen LogP contribution in [-0.2, 0) is 5.41 Å². The van der Waals surface area contributed by atoms with Gasteiger partial charge < -0.3 is 15.1 Å². The molecule has 0 spiro atoms. The Kier molecular flexibility index (Phi) is 15.9. The largest absolute Gasteiger partial charge is 0.504 e. The molecular weight excluding hydrogens is 551 g/mol. The third kappa shape index (κ3) is 10.9. The molecule has 5 nitrogen and oxygen atoms in total. The molecule has 1 aliphatic heterocycles. The van der Waals surface area contributed by atoms with E-state index >= 15 is 0 Å². The van der Waals surface area contributed by atoms with E-state index in [9.17, 15) is 24.7 Å². The third-order valence-electron chi connectivity index (χ3n) is 8.86. The zero-order valence-electron chi connectivity index (χ0n) is 25.3.